The fourth-order valence-electron chi connectivity index (χ4n) is 1.27. The molecule has 0 saturated carbocycles. The molecule has 0 spiro atoms. The van der Waals surface area contributed by atoms with Crippen molar-refractivity contribution in [3.63, 3.8) is 0 Å². The summed E-state index contributed by atoms with van der Waals surface area (Å²) in [6, 6.07) is 0.317. The molecular weight excluding hydrogens is 198 g/mol. The molecule has 0 unspecified atom stereocenters. The highest BCUT2D eigenvalue weighted by atomic mass is 32.1. The van der Waals surface area contributed by atoms with Crippen molar-refractivity contribution in [1.82, 2.24) is 15.1 Å². The zero-order valence-electron chi connectivity index (χ0n) is 8.91. The van der Waals surface area contributed by atoms with Gasteiger partial charge in [-0.2, -0.15) is 0 Å². The molecule has 0 bridgehead atoms. The molecule has 0 atom stereocenters. The van der Waals surface area contributed by atoms with E-state index >= 15 is 0 Å². The van der Waals surface area contributed by atoms with Crippen molar-refractivity contribution >= 4 is 23.2 Å². The first-order valence-electron chi connectivity index (χ1n) is 4.80. The Hall–Kier alpha value is -0.840. The van der Waals surface area contributed by atoms with Gasteiger partial charge in [-0.05, 0) is 26.1 Å². The quantitative estimate of drug-likeness (QED) is 0.627. The SMILES string of the molecule is CC(C)NC(=S)N1CCN(C)C(=O)C1. The van der Waals surface area contributed by atoms with Crippen molar-refractivity contribution in [3.05, 3.63) is 0 Å². The highest BCUT2D eigenvalue weighted by Crippen LogP contribution is 2.01. The number of thiocarbonyl (C=S) groups is 1. The molecule has 0 aromatic heterocycles. The van der Waals surface area contributed by atoms with Gasteiger partial charge in [0.1, 0.15) is 0 Å². The Bertz CT molecular complexity index is 242. The smallest absolute Gasteiger partial charge is 0.241 e. The minimum Gasteiger partial charge on any atom is -0.360 e. The van der Waals surface area contributed by atoms with Crippen LogP contribution in [0, 0.1) is 0 Å². The Kier molecular flexibility index (Phi) is 3.69. The summed E-state index contributed by atoms with van der Waals surface area (Å²) >= 11 is 5.19. The molecule has 1 aliphatic heterocycles. The molecule has 0 aliphatic carbocycles. The number of nitrogens with zero attached hydrogens (tertiary/aromatic N) is 2. The highest BCUT2D eigenvalue weighted by molar-refractivity contribution is 7.80. The number of hydrogen-bond donors (Lipinski definition) is 1. The van der Waals surface area contributed by atoms with Gasteiger partial charge in [-0.15, -0.1) is 0 Å². The van der Waals surface area contributed by atoms with Crippen LogP contribution in [-0.2, 0) is 4.79 Å². The maximum absolute atomic E-state index is 11.4. The molecule has 1 amide bonds. The molecule has 4 nitrogen and oxygen atoms in total. The maximum Gasteiger partial charge on any atom is 0.241 e. The van der Waals surface area contributed by atoms with Gasteiger partial charge in [-0.1, -0.05) is 0 Å². The molecule has 1 heterocycles. The van der Waals surface area contributed by atoms with E-state index in [1.807, 2.05) is 25.8 Å². The summed E-state index contributed by atoms with van der Waals surface area (Å²) in [5.41, 5.74) is 0. The van der Waals surface area contributed by atoms with E-state index in [9.17, 15) is 4.79 Å². The van der Waals surface area contributed by atoms with Gasteiger partial charge in [0.25, 0.3) is 0 Å². The van der Waals surface area contributed by atoms with Crippen LogP contribution < -0.4 is 5.32 Å². The van der Waals surface area contributed by atoms with Crippen molar-refractivity contribution < 1.29 is 4.79 Å². The average Bonchev–Trinajstić information content (AvgIpc) is 2.08. The van der Waals surface area contributed by atoms with Crippen molar-refractivity contribution in [1.29, 1.82) is 0 Å². The molecular formula is C9H17N3OS. The van der Waals surface area contributed by atoms with E-state index in [4.69, 9.17) is 12.2 Å². The molecule has 80 valence electrons. The summed E-state index contributed by atoms with van der Waals surface area (Å²) in [4.78, 5) is 15.0. The fourth-order valence-corrected chi connectivity index (χ4v) is 1.66. The van der Waals surface area contributed by atoms with Crippen LogP contribution >= 0.6 is 12.2 Å². The molecule has 1 aliphatic rings. The van der Waals surface area contributed by atoms with Gasteiger partial charge in [-0.3, -0.25) is 4.79 Å². The lowest BCUT2D eigenvalue weighted by Crippen LogP contribution is -2.54. The Balaban J connectivity index is 2.46. The molecule has 0 radical (unpaired) electrons. The highest BCUT2D eigenvalue weighted by Gasteiger charge is 2.22. The van der Waals surface area contributed by atoms with Crippen molar-refractivity contribution in [2.45, 2.75) is 19.9 Å². The lowest BCUT2D eigenvalue weighted by Gasteiger charge is -2.34. The predicted molar refractivity (Wildman–Crippen MR) is 60.1 cm³/mol. The lowest BCUT2D eigenvalue weighted by molar-refractivity contribution is -0.132. The standard InChI is InChI=1S/C9H17N3OS/c1-7(2)10-9(14)12-5-4-11(3)8(13)6-12/h7H,4-6H2,1-3H3,(H,10,14). The summed E-state index contributed by atoms with van der Waals surface area (Å²) in [6.07, 6.45) is 0. The van der Waals surface area contributed by atoms with Crippen LogP contribution in [0.15, 0.2) is 0 Å². The van der Waals surface area contributed by atoms with Gasteiger partial charge >= 0.3 is 0 Å². The Morgan fingerprint density at radius 1 is 1.50 bits per heavy atom. The second-order valence-electron chi connectivity index (χ2n) is 3.84. The van der Waals surface area contributed by atoms with Gasteiger partial charge in [0.15, 0.2) is 5.11 Å². The molecule has 5 heteroatoms. The van der Waals surface area contributed by atoms with Crippen molar-refractivity contribution in [3.8, 4) is 0 Å². The Morgan fingerprint density at radius 2 is 2.14 bits per heavy atom. The minimum absolute atomic E-state index is 0.129. The molecule has 1 saturated heterocycles. The normalized spacial score (nSPS) is 17.6. The van der Waals surface area contributed by atoms with Crippen molar-refractivity contribution in [2.24, 2.45) is 0 Å². The number of carbonyl (C=O) groups excluding carboxylic acids is 1. The van der Waals surface area contributed by atoms with Crippen LogP contribution in [0.5, 0.6) is 0 Å². The average molecular weight is 215 g/mol. The Labute approximate surface area is 90.2 Å². The van der Waals surface area contributed by atoms with Gasteiger partial charge < -0.3 is 15.1 Å². The van der Waals surface area contributed by atoms with E-state index in [-0.39, 0.29) is 5.91 Å². The number of piperazine rings is 1. The van der Waals surface area contributed by atoms with Gasteiger partial charge in [0.05, 0.1) is 6.54 Å². The van der Waals surface area contributed by atoms with Crippen LogP contribution in [0.2, 0.25) is 0 Å². The van der Waals surface area contributed by atoms with E-state index < -0.39 is 0 Å². The molecule has 1 N–H and O–H groups in total. The summed E-state index contributed by atoms with van der Waals surface area (Å²) < 4.78 is 0. The third-order valence-corrected chi connectivity index (χ3v) is 2.53. The van der Waals surface area contributed by atoms with Crippen LogP contribution in [0.3, 0.4) is 0 Å². The lowest BCUT2D eigenvalue weighted by atomic mass is 10.3. The van der Waals surface area contributed by atoms with Crippen molar-refractivity contribution in [2.75, 3.05) is 26.7 Å². The van der Waals surface area contributed by atoms with E-state index in [0.717, 1.165) is 13.1 Å². The van der Waals surface area contributed by atoms with Crippen LogP contribution in [0.25, 0.3) is 0 Å². The van der Waals surface area contributed by atoms with E-state index in [1.165, 1.54) is 0 Å². The summed E-state index contributed by atoms with van der Waals surface area (Å²) in [7, 11) is 1.82. The second kappa shape index (κ2) is 4.59. The number of rotatable bonds is 1. The molecule has 14 heavy (non-hydrogen) atoms. The number of carbonyl (C=O) groups is 1. The first kappa shape index (κ1) is 11.2. The largest absolute Gasteiger partial charge is 0.360 e. The van der Waals surface area contributed by atoms with Crippen LogP contribution in [0.4, 0.5) is 0 Å². The first-order chi connectivity index (χ1) is 6.50. The topological polar surface area (TPSA) is 35.6 Å². The zero-order valence-corrected chi connectivity index (χ0v) is 9.73. The summed E-state index contributed by atoms with van der Waals surface area (Å²) in [5.74, 6) is 0.129. The van der Waals surface area contributed by atoms with Crippen LogP contribution in [0.1, 0.15) is 13.8 Å². The maximum atomic E-state index is 11.4. The van der Waals surface area contributed by atoms with Gasteiger partial charge in [-0.25, -0.2) is 0 Å². The molecule has 1 rings (SSSR count). The number of hydrogen-bond acceptors (Lipinski definition) is 2. The molecule has 1 fully saturated rings. The summed E-state index contributed by atoms with van der Waals surface area (Å²) in [5, 5.41) is 3.82. The Morgan fingerprint density at radius 3 is 2.64 bits per heavy atom. The number of nitrogens with one attached hydrogen (secondary N) is 1. The second-order valence-corrected chi connectivity index (χ2v) is 4.23. The minimum atomic E-state index is 0.129. The molecule has 0 aromatic carbocycles. The number of likely N-dealkylation sites (N-methyl/N-ethyl adjacent to an activating group) is 1. The van der Waals surface area contributed by atoms with E-state index in [0.29, 0.717) is 17.7 Å². The first-order valence-corrected chi connectivity index (χ1v) is 5.21. The molecule has 0 aromatic rings. The van der Waals surface area contributed by atoms with Crippen LogP contribution in [-0.4, -0.2) is 53.5 Å². The fraction of sp³-hybridized carbons (Fsp3) is 0.778. The van der Waals surface area contributed by atoms with E-state index in [1.54, 1.807) is 4.90 Å². The van der Waals surface area contributed by atoms with Gasteiger partial charge in [0, 0.05) is 26.2 Å². The third kappa shape index (κ3) is 2.83. The number of amides is 1. The zero-order chi connectivity index (χ0) is 10.7. The summed E-state index contributed by atoms with van der Waals surface area (Å²) in [6.45, 7) is 6.03. The van der Waals surface area contributed by atoms with Gasteiger partial charge in [0.2, 0.25) is 5.91 Å². The third-order valence-electron chi connectivity index (χ3n) is 2.16. The monoisotopic (exact) mass is 215 g/mol. The predicted octanol–water partition coefficient (Wildman–Crippen LogP) is 0.0433. The van der Waals surface area contributed by atoms with E-state index in [2.05, 4.69) is 5.32 Å².